The monoisotopic (exact) mass is 616 g/mol. The third-order valence-corrected chi connectivity index (χ3v) is 7.72. The lowest BCUT2D eigenvalue weighted by atomic mass is 9.87. The Morgan fingerprint density at radius 3 is 1.22 bits per heavy atom. The predicted octanol–water partition coefficient (Wildman–Crippen LogP) is 7.22. The van der Waals surface area contributed by atoms with E-state index in [1.54, 1.807) is 48.5 Å². The molecule has 2 aromatic heterocycles. The van der Waals surface area contributed by atoms with Crippen LogP contribution >= 0.6 is 0 Å². The van der Waals surface area contributed by atoms with Gasteiger partial charge in [-0.2, -0.15) is 0 Å². The molecule has 6 aromatic rings. The summed E-state index contributed by atoms with van der Waals surface area (Å²) in [7, 11) is 0. The smallest absolute Gasteiger partial charge is 0.343 e. The van der Waals surface area contributed by atoms with Crippen LogP contribution in [0.4, 0.5) is 0 Å². The topological polar surface area (TPSA) is 135 Å². The van der Waals surface area contributed by atoms with E-state index < -0.39 is 23.1 Å². The van der Waals surface area contributed by atoms with Crippen molar-refractivity contribution in [3.63, 3.8) is 0 Å². The highest BCUT2D eigenvalue weighted by Gasteiger charge is 2.27. The molecule has 2 atom stereocenters. The Labute approximate surface area is 264 Å². The molecule has 0 fully saturated rings. The first kappa shape index (κ1) is 31.7. The summed E-state index contributed by atoms with van der Waals surface area (Å²) in [6.07, 6.45) is 0.251. The Kier molecular flexibility index (Phi) is 9.57. The molecule has 232 valence electrons. The third-order valence-electron chi connectivity index (χ3n) is 7.72. The number of carbonyl (C=O) groups excluding carboxylic acids is 2. The zero-order valence-electron chi connectivity index (χ0n) is 25.3. The molecule has 0 amide bonds. The van der Waals surface area contributed by atoms with Gasteiger partial charge in [-0.1, -0.05) is 84.9 Å². The van der Waals surface area contributed by atoms with Crippen LogP contribution in [0.5, 0.6) is 11.5 Å². The SMILES string of the molecule is CC(=O)CC(c1ccccc1)c1c(O)c2ccccc2oc1=O.CC(=O)CC(c1ccccc1)c1c(O)c2ccccc2oc1=O. The lowest BCUT2D eigenvalue weighted by molar-refractivity contribution is -0.118. The minimum absolute atomic E-state index is 0.0641. The molecule has 6 rings (SSSR count). The molecule has 2 N–H and O–H groups in total. The molecule has 4 aromatic carbocycles. The first-order valence-electron chi connectivity index (χ1n) is 14.7. The number of Topliss-reactive ketones (excluding diaryl/α,β-unsaturated/α-hetero) is 2. The van der Waals surface area contributed by atoms with E-state index in [2.05, 4.69) is 0 Å². The first-order chi connectivity index (χ1) is 22.2. The normalized spacial score (nSPS) is 12.2. The van der Waals surface area contributed by atoms with E-state index in [1.807, 2.05) is 60.7 Å². The number of fused-ring (bicyclic) bond motifs is 2. The van der Waals surface area contributed by atoms with Crippen LogP contribution in [0, 0.1) is 0 Å². The molecule has 8 nitrogen and oxygen atoms in total. The summed E-state index contributed by atoms with van der Waals surface area (Å²) in [5, 5.41) is 22.1. The maximum Gasteiger partial charge on any atom is 0.343 e. The van der Waals surface area contributed by atoms with Crippen LogP contribution in [0.2, 0.25) is 0 Å². The van der Waals surface area contributed by atoms with E-state index in [1.165, 1.54) is 13.8 Å². The summed E-state index contributed by atoms with van der Waals surface area (Å²) in [6, 6.07) is 32.0. The van der Waals surface area contributed by atoms with Crippen molar-refractivity contribution < 1.29 is 28.6 Å². The molecule has 0 saturated carbocycles. The fraction of sp³-hybridized carbons (Fsp3) is 0.158. The van der Waals surface area contributed by atoms with Gasteiger partial charge in [0.05, 0.1) is 21.9 Å². The Morgan fingerprint density at radius 2 is 0.870 bits per heavy atom. The predicted molar refractivity (Wildman–Crippen MR) is 175 cm³/mol. The van der Waals surface area contributed by atoms with E-state index in [9.17, 15) is 29.4 Å². The molecule has 0 saturated heterocycles. The molecule has 0 radical (unpaired) electrons. The van der Waals surface area contributed by atoms with E-state index in [0.717, 1.165) is 11.1 Å². The third kappa shape index (κ3) is 6.81. The van der Waals surface area contributed by atoms with Crippen molar-refractivity contribution in [3.8, 4) is 11.5 Å². The largest absolute Gasteiger partial charge is 0.507 e. The molecular weight excluding hydrogens is 584 g/mol. The highest BCUT2D eigenvalue weighted by Crippen LogP contribution is 2.37. The quantitative estimate of drug-likeness (QED) is 0.171. The number of carbonyl (C=O) groups is 2. The number of hydrogen-bond acceptors (Lipinski definition) is 8. The van der Waals surface area contributed by atoms with Gasteiger partial charge in [0.2, 0.25) is 0 Å². The summed E-state index contributed by atoms with van der Waals surface area (Å²) in [5.74, 6) is -1.43. The van der Waals surface area contributed by atoms with Gasteiger partial charge in [0.15, 0.2) is 0 Å². The van der Waals surface area contributed by atoms with E-state index >= 15 is 0 Å². The number of rotatable bonds is 8. The van der Waals surface area contributed by atoms with Gasteiger partial charge in [0.25, 0.3) is 0 Å². The number of aromatic hydroxyl groups is 2. The molecule has 2 heterocycles. The van der Waals surface area contributed by atoms with Gasteiger partial charge in [0.1, 0.15) is 34.2 Å². The summed E-state index contributed by atoms with van der Waals surface area (Å²) < 4.78 is 10.7. The van der Waals surface area contributed by atoms with Gasteiger partial charge < -0.3 is 19.0 Å². The van der Waals surface area contributed by atoms with Gasteiger partial charge in [-0.25, -0.2) is 9.59 Å². The molecule has 2 unspecified atom stereocenters. The average molecular weight is 617 g/mol. The maximum absolute atomic E-state index is 12.4. The molecule has 0 bridgehead atoms. The van der Waals surface area contributed by atoms with Gasteiger partial charge in [-0.15, -0.1) is 0 Å². The van der Waals surface area contributed by atoms with Crippen LogP contribution in [0.3, 0.4) is 0 Å². The first-order valence-corrected chi connectivity index (χ1v) is 14.7. The highest BCUT2D eigenvalue weighted by molar-refractivity contribution is 5.86. The molecular formula is C38H32O8. The minimum atomic E-state index is -0.615. The summed E-state index contributed by atoms with van der Waals surface area (Å²) in [6.45, 7) is 2.94. The van der Waals surface area contributed by atoms with Crippen molar-refractivity contribution in [2.75, 3.05) is 0 Å². The number of benzene rings is 4. The van der Waals surface area contributed by atoms with Crippen LogP contribution in [-0.2, 0) is 9.59 Å². The Hall–Kier alpha value is -5.76. The van der Waals surface area contributed by atoms with Gasteiger partial charge in [0, 0.05) is 24.7 Å². The lowest BCUT2D eigenvalue weighted by Crippen LogP contribution is -2.16. The van der Waals surface area contributed by atoms with Crippen LogP contribution in [-0.4, -0.2) is 21.8 Å². The Bertz CT molecular complexity index is 1970. The van der Waals surface area contributed by atoms with Crippen LogP contribution in [0.25, 0.3) is 21.9 Å². The highest BCUT2D eigenvalue weighted by atomic mass is 16.4. The second-order valence-electron chi connectivity index (χ2n) is 11.0. The van der Waals surface area contributed by atoms with Gasteiger partial charge in [-0.3, -0.25) is 9.59 Å². The lowest BCUT2D eigenvalue weighted by Gasteiger charge is -2.17. The summed E-state index contributed by atoms with van der Waals surface area (Å²) in [4.78, 5) is 48.2. The molecule has 0 aliphatic rings. The van der Waals surface area contributed by atoms with Crippen molar-refractivity contribution in [1.29, 1.82) is 0 Å². The van der Waals surface area contributed by atoms with E-state index in [-0.39, 0.29) is 47.0 Å². The minimum Gasteiger partial charge on any atom is -0.507 e. The molecule has 8 heteroatoms. The molecule has 0 aliphatic heterocycles. The standard InChI is InChI=1S/2C19H16O4/c2*1-12(20)11-15(13-7-3-2-4-8-13)17-18(21)14-9-5-6-10-16(14)23-19(17)22/h2*2-10,15,21H,11H2,1H3. The van der Waals surface area contributed by atoms with Gasteiger partial charge in [-0.05, 0) is 49.2 Å². The van der Waals surface area contributed by atoms with Crippen LogP contribution in [0.1, 0.15) is 60.8 Å². The molecule has 46 heavy (non-hydrogen) atoms. The van der Waals surface area contributed by atoms with E-state index in [0.29, 0.717) is 21.9 Å². The fourth-order valence-electron chi connectivity index (χ4n) is 5.63. The van der Waals surface area contributed by atoms with Crippen LogP contribution in [0.15, 0.2) is 128 Å². The van der Waals surface area contributed by atoms with Crippen LogP contribution < -0.4 is 11.3 Å². The fourth-order valence-corrected chi connectivity index (χ4v) is 5.63. The van der Waals surface area contributed by atoms with Crippen molar-refractivity contribution in [1.82, 2.24) is 0 Å². The zero-order valence-corrected chi connectivity index (χ0v) is 25.3. The zero-order chi connectivity index (χ0) is 32.8. The van der Waals surface area contributed by atoms with Gasteiger partial charge >= 0.3 is 11.3 Å². The Morgan fingerprint density at radius 1 is 0.543 bits per heavy atom. The average Bonchev–Trinajstić information content (AvgIpc) is 3.04. The van der Waals surface area contributed by atoms with Crippen molar-refractivity contribution >= 4 is 33.5 Å². The van der Waals surface area contributed by atoms with Crippen molar-refractivity contribution in [3.05, 3.63) is 152 Å². The second kappa shape index (κ2) is 13.9. The molecule has 0 aliphatic carbocycles. The summed E-state index contributed by atoms with van der Waals surface area (Å²) in [5.41, 5.74) is 1.27. The van der Waals surface area contributed by atoms with Crippen molar-refractivity contribution in [2.45, 2.75) is 38.5 Å². The van der Waals surface area contributed by atoms with Crippen molar-refractivity contribution in [2.24, 2.45) is 0 Å². The second-order valence-corrected chi connectivity index (χ2v) is 11.0. The van der Waals surface area contributed by atoms with E-state index in [4.69, 9.17) is 8.83 Å². The summed E-state index contributed by atoms with van der Waals surface area (Å²) >= 11 is 0. The Balaban J connectivity index is 0.000000181. The number of ketones is 2. The maximum atomic E-state index is 12.4. The number of para-hydroxylation sites is 2. The number of hydrogen-bond donors (Lipinski definition) is 2. The molecule has 0 spiro atoms.